The Balaban J connectivity index is 2.88. The molecule has 0 fully saturated rings. The summed E-state index contributed by atoms with van der Waals surface area (Å²) in [5, 5.41) is 14.5. The number of hydrogen-bond donors (Lipinski definition) is 2. The highest BCUT2D eigenvalue weighted by Gasteiger charge is 2.13. The van der Waals surface area contributed by atoms with Crippen molar-refractivity contribution in [2.75, 3.05) is 7.05 Å². The van der Waals surface area contributed by atoms with Crippen LogP contribution in [0.5, 0.6) is 0 Å². The molecule has 0 saturated heterocycles. The molecule has 0 atom stereocenters. The first-order valence-electron chi connectivity index (χ1n) is 4.17. The second-order valence-corrected chi connectivity index (χ2v) is 2.72. The Bertz CT molecular complexity index is 445. The fraction of sp³-hybridized carbons (Fsp3) is 0.125. The Morgan fingerprint density at radius 2 is 2.12 bits per heavy atom. The average molecular weight is 224 g/mol. The Labute approximate surface area is 89.8 Å². The van der Waals surface area contributed by atoms with Gasteiger partial charge in [-0.05, 0) is 0 Å². The lowest BCUT2D eigenvalue weighted by molar-refractivity contribution is -0.385. The topological polar surface area (TPSA) is 114 Å². The van der Waals surface area contributed by atoms with Crippen molar-refractivity contribution in [3.8, 4) is 0 Å². The van der Waals surface area contributed by atoms with E-state index in [0.717, 1.165) is 18.5 Å². The highest BCUT2D eigenvalue weighted by Crippen LogP contribution is 2.10. The first kappa shape index (κ1) is 11.6. The number of nitrogens with zero attached hydrogens (tertiary/aromatic N) is 2. The van der Waals surface area contributed by atoms with Crippen LogP contribution < -0.4 is 10.6 Å². The highest BCUT2D eigenvalue weighted by atomic mass is 16.6. The number of carbonyl (C=O) groups is 2. The number of hydrogen-bond acceptors (Lipinski definition) is 5. The number of nitro groups is 1. The molecule has 0 unspecified atom stereocenters. The predicted octanol–water partition coefficient (Wildman–Crippen LogP) is 0.0590. The van der Waals surface area contributed by atoms with Gasteiger partial charge in [-0.15, -0.1) is 0 Å². The molecule has 3 amide bonds. The Kier molecular flexibility index (Phi) is 3.49. The molecule has 84 valence electrons. The summed E-state index contributed by atoms with van der Waals surface area (Å²) in [6, 6.07) is 0.335. The van der Waals surface area contributed by atoms with Gasteiger partial charge in [0.15, 0.2) is 0 Å². The second-order valence-electron chi connectivity index (χ2n) is 2.72. The molecule has 1 heterocycles. The summed E-state index contributed by atoms with van der Waals surface area (Å²) < 4.78 is 0. The Hall–Kier alpha value is -2.51. The van der Waals surface area contributed by atoms with Crippen LogP contribution in [0.2, 0.25) is 0 Å². The van der Waals surface area contributed by atoms with Crippen molar-refractivity contribution in [1.82, 2.24) is 15.6 Å². The van der Waals surface area contributed by atoms with E-state index in [9.17, 15) is 19.7 Å². The van der Waals surface area contributed by atoms with Crippen LogP contribution in [-0.4, -0.2) is 28.9 Å². The molecule has 8 heteroatoms. The Morgan fingerprint density at radius 3 is 2.69 bits per heavy atom. The van der Waals surface area contributed by atoms with Crippen molar-refractivity contribution in [3.63, 3.8) is 0 Å². The molecule has 1 aromatic rings. The van der Waals surface area contributed by atoms with E-state index in [2.05, 4.69) is 10.3 Å². The molecular weight excluding hydrogens is 216 g/mol. The van der Waals surface area contributed by atoms with Gasteiger partial charge in [0.1, 0.15) is 6.20 Å². The summed E-state index contributed by atoms with van der Waals surface area (Å²) in [5.74, 6) is -0.754. The molecule has 8 nitrogen and oxygen atoms in total. The van der Waals surface area contributed by atoms with Gasteiger partial charge in [-0.1, -0.05) is 0 Å². The van der Waals surface area contributed by atoms with Crippen LogP contribution in [0.25, 0.3) is 0 Å². The summed E-state index contributed by atoms with van der Waals surface area (Å²) in [6.45, 7) is 0. The van der Waals surface area contributed by atoms with Crippen molar-refractivity contribution < 1.29 is 14.5 Å². The number of imide groups is 1. The van der Waals surface area contributed by atoms with Gasteiger partial charge in [0.05, 0.1) is 10.5 Å². The van der Waals surface area contributed by atoms with Gasteiger partial charge >= 0.3 is 6.03 Å². The van der Waals surface area contributed by atoms with E-state index >= 15 is 0 Å². The fourth-order valence-electron chi connectivity index (χ4n) is 0.890. The average Bonchev–Trinajstić information content (AvgIpc) is 2.28. The van der Waals surface area contributed by atoms with Crippen LogP contribution in [0.1, 0.15) is 10.4 Å². The van der Waals surface area contributed by atoms with Crippen LogP contribution in [0.15, 0.2) is 18.5 Å². The molecule has 0 spiro atoms. The maximum absolute atomic E-state index is 11.4. The standard InChI is InChI=1S/C8H8N4O4/c1-9-8(14)11-7(13)5-2-6(12(15)16)4-10-3-5/h2-4H,1H3,(H2,9,11,13,14). The van der Waals surface area contributed by atoms with E-state index in [-0.39, 0.29) is 11.3 Å². The third-order valence-electron chi connectivity index (χ3n) is 1.65. The van der Waals surface area contributed by atoms with Gasteiger partial charge in [0.2, 0.25) is 0 Å². The van der Waals surface area contributed by atoms with Crippen LogP contribution in [0.4, 0.5) is 10.5 Å². The number of rotatable bonds is 2. The van der Waals surface area contributed by atoms with Gasteiger partial charge in [-0.2, -0.15) is 0 Å². The summed E-state index contributed by atoms with van der Waals surface area (Å²) >= 11 is 0. The van der Waals surface area contributed by atoms with Gasteiger partial charge in [-0.3, -0.25) is 25.2 Å². The summed E-state index contributed by atoms with van der Waals surface area (Å²) in [4.78, 5) is 35.4. The van der Waals surface area contributed by atoms with E-state index in [1.54, 1.807) is 0 Å². The maximum atomic E-state index is 11.4. The van der Waals surface area contributed by atoms with E-state index in [1.165, 1.54) is 7.05 Å². The molecule has 1 rings (SSSR count). The van der Waals surface area contributed by atoms with Gasteiger partial charge in [-0.25, -0.2) is 4.79 Å². The molecule has 0 saturated carbocycles. The van der Waals surface area contributed by atoms with Crippen molar-refractivity contribution >= 4 is 17.6 Å². The number of nitrogens with one attached hydrogen (secondary N) is 2. The van der Waals surface area contributed by atoms with E-state index in [0.29, 0.717) is 0 Å². The summed E-state index contributed by atoms with van der Waals surface area (Å²) in [7, 11) is 1.34. The van der Waals surface area contributed by atoms with Crippen molar-refractivity contribution in [2.45, 2.75) is 0 Å². The number of amides is 3. The van der Waals surface area contributed by atoms with Gasteiger partial charge in [0.25, 0.3) is 11.6 Å². The van der Waals surface area contributed by atoms with E-state index in [4.69, 9.17) is 0 Å². The van der Waals surface area contributed by atoms with Crippen molar-refractivity contribution in [3.05, 3.63) is 34.1 Å². The van der Waals surface area contributed by atoms with Crippen LogP contribution >= 0.6 is 0 Å². The van der Waals surface area contributed by atoms with E-state index in [1.807, 2.05) is 5.32 Å². The lowest BCUT2D eigenvalue weighted by Crippen LogP contribution is -2.37. The van der Waals surface area contributed by atoms with Crippen molar-refractivity contribution in [2.24, 2.45) is 0 Å². The lowest BCUT2D eigenvalue weighted by Gasteiger charge is -2.02. The summed E-state index contributed by atoms with van der Waals surface area (Å²) in [6.07, 6.45) is 2.14. The predicted molar refractivity (Wildman–Crippen MR) is 52.8 cm³/mol. The molecule has 0 aromatic carbocycles. The van der Waals surface area contributed by atoms with Crippen LogP contribution in [0, 0.1) is 10.1 Å². The summed E-state index contributed by atoms with van der Waals surface area (Å²) in [5.41, 5.74) is -0.373. The number of pyridine rings is 1. The first-order valence-corrected chi connectivity index (χ1v) is 4.17. The first-order chi connectivity index (χ1) is 7.54. The monoisotopic (exact) mass is 224 g/mol. The number of urea groups is 1. The minimum atomic E-state index is -0.754. The maximum Gasteiger partial charge on any atom is 0.321 e. The molecule has 0 bridgehead atoms. The van der Waals surface area contributed by atoms with Crippen LogP contribution in [0.3, 0.4) is 0 Å². The number of aromatic nitrogens is 1. The zero-order valence-electron chi connectivity index (χ0n) is 8.26. The Morgan fingerprint density at radius 1 is 1.44 bits per heavy atom. The number of carbonyl (C=O) groups excluding carboxylic acids is 2. The molecule has 0 radical (unpaired) electrons. The highest BCUT2D eigenvalue weighted by molar-refractivity contribution is 6.04. The minimum absolute atomic E-state index is 0.0576. The normalized spacial score (nSPS) is 9.31. The lowest BCUT2D eigenvalue weighted by atomic mass is 10.2. The van der Waals surface area contributed by atoms with Gasteiger partial charge in [0, 0.05) is 19.3 Å². The third kappa shape index (κ3) is 2.74. The molecule has 0 aliphatic heterocycles. The fourth-order valence-corrected chi connectivity index (χ4v) is 0.890. The molecule has 1 aromatic heterocycles. The zero-order chi connectivity index (χ0) is 12.1. The van der Waals surface area contributed by atoms with Crippen molar-refractivity contribution in [1.29, 1.82) is 0 Å². The smallest absolute Gasteiger partial charge is 0.321 e. The largest absolute Gasteiger partial charge is 0.341 e. The molecule has 2 N–H and O–H groups in total. The molecule has 0 aliphatic carbocycles. The molecular formula is C8H8N4O4. The SMILES string of the molecule is CNC(=O)NC(=O)c1cncc([N+](=O)[O-])c1. The zero-order valence-corrected chi connectivity index (χ0v) is 8.26. The van der Waals surface area contributed by atoms with Crippen LogP contribution in [-0.2, 0) is 0 Å². The quantitative estimate of drug-likeness (QED) is 0.544. The third-order valence-corrected chi connectivity index (χ3v) is 1.65. The van der Waals surface area contributed by atoms with Gasteiger partial charge < -0.3 is 5.32 Å². The molecule has 0 aliphatic rings. The minimum Gasteiger partial charge on any atom is -0.341 e. The van der Waals surface area contributed by atoms with E-state index < -0.39 is 16.9 Å². The second kappa shape index (κ2) is 4.82. The molecule has 16 heavy (non-hydrogen) atoms.